The molecule has 31 heavy (non-hydrogen) atoms. The molecule has 4 aliphatic carbocycles. The largest absolute Gasteiger partial charge is 0.387 e. The van der Waals surface area contributed by atoms with Crippen molar-refractivity contribution in [2.24, 2.45) is 40.4 Å². The minimum atomic E-state index is -0.632. The Morgan fingerprint density at radius 2 is 1.90 bits per heavy atom. The Hall–Kier alpha value is -1.20. The normalized spacial score (nSPS) is 46.8. The first-order valence-corrected chi connectivity index (χ1v) is 12.5. The second-order valence-electron chi connectivity index (χ2n) is 11.9. The SMILES string of the molecule is COC[C@@]1(O)CC[C@]2(C)C3CC[C@@]4(C)C(CC[C@@H]4C(=O)Cn4ccnc4)C3CC[C@H]2C1. The number of carbonyl (C=O) groups is 1. The van der Waals surface area contributed by atoms with Crippen LogP contribution in [0.2, 0.25) is 0 Å². The molecule has 1 aromatic rings. The number of hydrogen-bond acceptors (Lipinski definition) is 4. The van der Waals surface area contributed by atoms with E-state index in [0.717, 1.165) is 37.5 Å². The maximum absolute atomic E-state index is 13.3. The van der Waals surface area contributed by atoms with Gasteiger partial charge in [-0.15, -0.1) is 0 Å². The first-order chi connectivity index (χ1) is 14.8. The van der Waals surface area contributed by atoms with Gasteiger partial charge in [-0.2, -0.15) is 0 Å². The van der Waals surface area contributed by atoms with Crippen LogP contribution < -0.4 is 0 Å². The topological polar surface area (TPSA) is 64.3 Å². The maximum Gasteiger partial charge on any atom is 0.156 e. The highest BCUT2D eigenvalue weighted by molar-refractivity contribution is 5.82. The van der Waals surface area contributed by atoms with Crippen molar-refractivity contribution in [1.29, 1.82) is 0 Å². The smallest absolute Gasteiger partial charge is 0.156 e. The number of Topliss-reactive ketones (excluding diaryl/α,β-unsaturated/α-hetero) is 1. The first kappa shape index (κ1) is 21.6. The quantitative estimate of drug-likeness (QED) is 0.751. The van der Waals surface area contributed by atoms with E-state index in [9.17, 15) is 9.90 Å². The van der Waals surface area contributed by atoms with Crippen molar-refractivity contribution in [1.82, 2.24) is 9.55 Å². The van der Waals surface area contributed by atoms with E-state index in [1.807, 2.05) is 10.8 Å². The summed E-state index contributed by atoms with van der Waals surface area (Å²) in [5, 5.41) is 11.0. The minimum absolute atomic E-state index is 0.160. The predicted molar refractivity (Wildman–Crippen MR) is 119 cm³/mol. The molecule has 4 saturated carbocycles. The van der Waals surface area contributed by atoms with E-state index in [4.69, 9.17) is 4.74 Å². The van der Waals surface area contributed by atoms with E-state index in [1.54, 1.807) is 19.6 Å². The van der Waals surface area contributed by atoms with Crippen molar-refractivity contribution >= 4 is 5.78 Å². The Balaban J connectivity index is 1.33. The van der Waals surface area contributed by atoms with Crippen molar-refractivity contribution in [2.45, 2.75) is 83.8 Å². The van der Waals surface area contributed by atoms with Gasteiger partial charge in [-0.3, -0.25) is 4.79 Å². The molecular weight excluding hydrogens is 388 g/mol. The molecule has 5 nitrogen and oxygen atoms in total. The average molecular weight is 429 g/mol. The molecule has 8 atom stereocenters. The highest BCUT2D eigenvalue weighted by Crippen LogP contribution is 2.68. The van der Waals surface area contributed by atoms with Crippen molar-refractivity contribution < 1.29 is 14.6 Å². The highest BCUT2D eigenvalue weighted by Gasteiger charge is 2.62. The highest BCUT2D eigenvalue weighted by atomic mass is 16.5. The van der Waals surface area contributed by atoms with Gasteiger partial charge in [0.05, 0.1) is 25.1 Å². The lowest BCUT2D eigenvalue weighted by Crippen LogP contribution is -2.56. The molecule has 3 unspecified atom stereocenters. The summed E-state index contributed by atoms with van der Waals surface area (Å²) < 4.78 is 7.29. The summed E-state index contributed by atoms with van der Waals surface area (Å²) in [5.41, 5.74) is -0.135. The van der Waals surface area contributed by atoms with Crippen LogP contribution in [0.3, 0.4) is 0 Å². The minimum Gasteiger partial charge on any atom is -0.387 e. The number of ketones is 1. The summed E-state index contributed by atoms with van der Waals surface area (Å²) in [7, 11) is 1.70. The Morgan fingerprint density at radius 3 is 2.65 bits per heavy atom. The maximum atomic E-state index is 13.3. The van der Waals surface area contributed by atoms with Crippen LogP contribution in [0, 0.1) is 40.4 Å². The molecule has 1 heterocycles. The fraction of sp³-hybridized carbons (Fsp3) is 0.846. The summed E-state index contributed by atoms with van der Waals surface area (Å²) in [5.74, 6) is 3.39. The monoisotopic (exact) mass is 428 g/mol. The zero-order chi connectivity index (χ0) is 21.9. The molecule has 0 saturated heterocycles. The van der Waals surface area contributed by atoms with E-state index >= 15 is 0 Å². The average Bonchev–Trinajstić information content (AvgIpc) is 3.35. The summed E-state index contributed by atoms with van der Waals surface area (Å²) in [6.45, 7) is 5.90. The number of aromatic nitrogens is 2. The summed E-state index contributed by atoms with van der Waals surface area (Å²) in [6.07, 6.45) is 15.5. The zero-order valence-corrected chi connectivity index (χ0v) is 19.6. The zero-order valence-electron chi connectivity index (χ0n) is 19.6. The van der Waals surface area contributed by atoms with E-state index < -0.39 is 5.60 Å². The number of nitrogens with zero attached hydrogens (tertiary/aromatic N) is 2. The van der Waals surface area contributed by atoms with Crippen molar-refractivity contribution in [3.05, 3.63) is 18.7 Å². The molecule has 5 heteroatoms. The second-order valence-corrected chi connectivity index (χ2v) is 11.9. The van der Waals surface area contributed by atoms with Gasteiger partial charge in [-0.25, -0.2) is 4.98 Å². The lowest BCUT2D eigenvalue weighted by atomic mass is 9.44. The number of fused-ring (bicyclic) bond motifs is 5. The van der Waals surface area contributed by atoms with Crippen LogP contribution in [0.15, 0.2) is 18.7 Å². The van der Waals surface area contributed by atoms with Gasteiger partial charge in [0.1, 0.15) is 0 Å². The van der Waals surface area contributed by atoms with Crippen molar-refractivity contribution in [3.63, 3.8) is 0 Å². The van der Waals surface area contributed by atoms with Crippen LogP contribution in [0.5, 0.6) is 0 Å². The number of ether oxygens (including phenoxy) is 1. The van der Waals surface area contributed by atoms with Crippen LogP contribution in [-0.4, -0.2) is 39.8 Å². The van der Waals surface area contributed by atoms with Gasteiger partial charge in [0, 0.05) is 25.4 Å². The summed E-state index contributed by atoms with van der Waals surface area (Å²) in [6, 6.07) is 0. The molecule has 0 radical (unpaired) electrons. The van der Waals surface area contributed by atoms with Crippen LogP contribution in [-0.2, 0) is 16.1 Å². The lowest BCUT2D eigenvalue weighted by Gasteiger charge is -2.62. The Bertz CT molecular complexity index is 810. The molecule has 0 bridgehead atoms. The number of imidazole rings is 1. The molecule has 0 aliphatic heterocycles. The molecule has 0 aromatic carbocycles. The Morgan fingerprint density at radius 1 is 1.10 bits per heavy atom. The Labute approximate surface area is 187 Å². The van der Waals surface area contributed by atoms with E-state index in [1.165, 1.54) is 32.1 Å². The third-order valence-corrected chi connectivity index (χ3v) is 10.5. The van der Waals surface area contributed by atoms with Gasteiger partial charge in [-0.1, -0.05) is 13.8 Å². The van der Waals surface area contributed by atoms with Crippen molar-refractivity contribution in [2.75, 3.05) is 13.7 Å². The van der Waals surface area contributed by atoms with Gasteiger partial charge in [0.25, 0.3) is 0 Å². The van der Waals surface area contributed by atoms with Crippen LogP contribution in [0.25, 0.3) is 0 Å². The third-order valence-electron chi connectivity index (χ3n) is 10.5. The molecular formula is C26H40N2O3. The number of methoxy groups -OCH3 is 1. The van der Waals surface area contributed by atoms with Gasteiger partial charge in [0.15, 0.2) is 5.78 Å². The standard InChI is InChI=1S/C26H40N2O3/c1-24-10-11-26(30,16-31-3)14-18(24)4-5-19-20-6-7-22(25(20,2)9-8-21(19)24)23(29)15-28-13-12-27-17-28/h12-13,17-22,30H,4-11,14-16H2,1-3H3/t18-,19?,20?,21?,22+,24-,25-,26+/m0/s1. The van der Waals surface area contributed by atoms with Gasteiger partial charge in [0.2, 0.25) is 0 Å². The third kappa shape index (κ3) is 3.42. The van der Waals surface area contributed by atoms with E-state index in [0.29, 0.717) is 36.2 Å². The molecule has 0 amide bonds. The number of carbonyl (C=O) groups excluding carboxylic acids is 1. The fourth-order valence-corrected chi connectivity index (χ4v) is 8.92. The van der Waals surface area contributed by atoms with E-state index in [-0.39, 0.29) is 11.3 Å². The number of rotatable bonds is 5. The van der Waals surface area contributed by atoms with Gasteiger partial charge in [-0.05, 0) is 92.3 Å². The molecule has 4 fully saturated rings. The summed E-state index contributed by atoms with van der Waals surface area (Å²) in [4.78, 5) is 17.4. The molecule has 1 N–H and O–H groups in total. The molecule has 172 valence electrons. The molecule has 4 aliphatic rings. The lowest BCUT2D eigenvalue weighted by molar-refractivity contribution is -0.164. The molecule has 1 aromatic heterocycles. The fourth-order valence-electron chi connectivity index (χ4n) is 8.92. The first-order valence-electron chi connectivity index (χ1n) is 12.5. The predicted octanol–water partition coefficient (Wildman–Crippen LogP) is 4.49. The second kappa shape index (κ2) is 7.69. The number of aliphatic hydroxyl groups is 1. The van der Waals surface area contributed by atoms with Gasteiger partial charge >= 0.3 is 0 Å². The van der Waals surface area contributed by atoms with E-state index in [2.05, 4.69) is 18.8 Å². The number of hydrogen-bond donors (Lipinski definition) is 1. The van der Waals surface area contributed by atoms with Gasteiger partial charge < -0.3 is 14.4 Å². The van der Waals surface area contributed by atoms with Crippen LogP contribution >= 0.6 is 0 Å². The molecule has 5 rings (SSSR count). The van der Waals surface area contributed by atoms with Crippen LogP contribution in [0.4, 0.5) is 0 Å². The van der Waals surface area contributed by atoms with Crippen molar-refractivity contribution in [3.8, 4) is 0 Å². The summed E-state index contributed by atoms with van der Waals surface area (Å²) >= 11 is 0. The van der Waals surface area contributed by atoms with Crippen LogP contribution in [0.1, 0.15) is 71.6 Å². The Kier molecular flexibility index (Phi) is 5.37. The molecule has 0 spiro atoms.